The van der Waals surface area contributed by atoms with Crippen LogP contribution in [0.15, 0.2) is 84.9 Å². The minimum Gasteiger partial charge on any atom is -0.481 e. The SMILES string of the molecule is C[C@@H](Oc1cccc(Cl)c1)C(=O)N1CCN(C(c2ccccc2)c2ccccc2)CC1. The summed E-state index contributed by atoms with van der Waals surface area (Å²) >= 11 is 6.02. The van der Waals surface area contributed by atoms with E-state index in [9.17, 15) is 4.79 Å². The number of nitrogens with zero attached hydrogens (tertiary/aromatic N) is 2. The van der Waals surface area contributed by atoms with Crippen LogP contribution in [0, 0.1) is 0 Å². The number of amides is 1. The van der Waals surface area contributed by atoms with Gasteiger partial charge in [-0.15, -0.1) is 0 Å². The van der Waals surface area contributed by atoms with E-state index in [1.807, 2.05) is 29.2 Å². The van der Waals surface area contributed by atoms with E-state index < -0.39 is 6.10 Å². The van der Waals surface area contributed by atoms with Crippen LogP contribution < -0.4 is 4.74 Å². The second kappa shape index (κ2) is 9.99. The third-order valence-corrected chi connectivity index (χ3v) is 5.91. The average molecular weight is 435 g/mol. The molecule has 4 rings (SSSR count). The highest BCUT2D eigenvalue weighted by atomic mass is 35.5. The molecule has 0 saturated carbocycles. The fourth-order valence-corrected chi connectivity index (χ4v) is 4.32. The summed E-state index contributed by atoms with van der Waals surface area (Å²) in [6.45, 7) is 4.77. The van der Waals surface area contributed by atoms with Gasteiger partial charge in [0.05, 0.1) is 6.04 Å². The minimum atomic E-state index is -0.552. The lowest BCUT2D eigenvalue weighted by Crippen LogP contribution is -2.52. The zero-order chi connectivity index (χ0) is 21.6. The van der Waals surface area contributed by atoms with Crippen molar-refractivity contribution < 1.29 is 9.53 Å². The molecule has 1 amide bonds. The maximum Gasteiger partial charge on any atom is 0.263 e. The molecule has 1 atom stereocenters. The Morgan fingerprint density at radius 3 is 1.97 bits per heavy atom. The van der Waals surface area contributed by atoms with Gasteiger partial charge in [0.15, 0.2) is 6.10 Å². The first-order chi connectivity index (χ1) is 15.1. The number of rotatable bonds is 6. The number of carbonyl (C=O) groups is 1. The van der Waals surface area contributed by atoms with E-state index in [2.05, 4.69) is 53.4 Å². The molecule has 31 heavy (non-hydrogen) atoms. The van der Waals surface area contributed by atoms with Gasteiger partial charge in [-0.05, 0) is 36.2 Å². The van der Waals surface area contributed by atoms with Crippen molar-refractivity contribution in [2.75, 3.05) is 26.2 Å². The van der Waals surface area contributed by atoms with Gasteiger partial charge < -0.3 is 9.64 Å². The quantitative estimate of drug-likeness (QED) is 0.544. The van der Waals surface area contributed by atoms with E-state index in [0.29, 0.717) is 23.9 Å². The highest BCUT2D eigenvalue weighted by Crippen LogP contribution is 2.29. The van der Waals surface area contributed by atoms with Crippen molar-refractivity contribution in [2.24, 2.45) is 0 Å². The summed E-state index contributed by atoms with van der Waals surface area (Å²) in [4.78, 5) is 17.3. The molecule has 0 N–H and O–H groups in total. The number of benzene rings is 3. The standard InChI is InChI=1S/C26H27ClN2O2/c1-20(31-24-14-8-13-23(27)19-24)26(30)29-17-15-28(16-18-29)25(21-9-4-2-5-10-21)22-11-6-3-7-12-22/h2-14,19-20,25H,15-18H2,1H3/t20-/m1/s1. The molecule has 0 bridgehead atoms. The molecule has 0 unspecified atom stereocenters. The fourth-order valence-electron chi connectivity index (χ4n) is 4.14. The van der Waals surface area contributed by atoms with E-state index in [1.54, 1.807) is 19.1 Å². The summed E-state index contributed by atoms with van der Waals surface area (Å²) in [6, 6.07) is 28.5. The molecule has 3 aromatic carbocycles. The lowest BCUT2D eigenvalue weighted by Gasteiger charge is -2.40. The highest BCUT2D eigenvalue weighted by Gasteiger charge is 2.30. The first kappa shape index (κ1) is 21.4. The van der Waals surface area contributed by atoms with Crippen LogP contribution in [0.4, 0.5) is 0 Å². The second-order valence-corrected chi connectivity index (χ2v) is 8.24. The van der Waals surface area contributed by atoms with Crippen LogP contribution in [0.2, 0.25) is 5.02 Å². The van der Waals surface area contributed by atoms with Gasteiger partial charge in [-0.25, -0.2) is 0 Å². The Balaban J connectivity index is 1.42. The Kier molecular flexibility index (Phi) is 6.90. The maximum atomic E-state index is 13.0. The Morgan fingerprint density at radius 2 is 1.42 bits per heavy atom. The Hall–Kier alpha value is -2.82. The van der Waals surface area contributed by atoms with Crippen molar-refractivity contribution in [3.8, 4) is 5.75 Å². The van der Waals surface area contributed by atoms with Crippen LogP contribution in [0.3, 0.4) is 0 Å². The van der Waals surface area contributed by atoms with E-state index in [4.69, 9.17) is 16.3 Å². The molecule has 1 saturated heterocycles. The van der Waals surface area contributed by atoms with Crippen LogP contribution >= 0.6 is 11.6 Å². The van der Waals surface area contributed by atoms with Gasteiger partial charge in [0.1, 0.15) is 5.75 Å². The van der Waals surface area contributed by atoms with Crippen LogP contribution in [-0.4, -0.2) is 48.0 Å². The third-order valence-electron chi connectivity index (χ3n) is 5.68. The third kappa shape index (κ3) is 5.27. The number of hydrogen-bond acceptors (Lipinski definition) is 3. The summed E-state index contributed by atoms with van der Waals surface area (Å²) in [5, 5.41) is 0.596. The lowest BCUT2D eigenvalue weighted by molar-refractivity contribution is -0.140. The summed E-state index contributed by atoms with van der Waals surface area (Å²) in [7, 11) is 0. The zero-order valence-corrected chi connectivity index (χ0v) is 18.4. The van der Waals surface area contributed by atoms with Gasteiger partial charge >= 0.3 is 0 Å². The van der Waals surface area contributed by atoms with E-state index in [0.717, 1.165) is 13.1 Å². The predicted octanol–water partition coefficient (Wildman–Crippen LogP) is 5.04. The molecular weight excluding hydrogens is 408 g/mol. The molecule has 4 nitrogen and oxygen atoms in total. The van der Waals surface area contributed by atoms with Crippen molar-refractivity contribution in [1.29, 1.82) is 0 Å². The first-order valence-corrected chi connectivity index (χ1v) is 11.0. The van der Waals surface area contributed by atoms with Crippen molar-refractivity contribution in [3.63, 3.8) is 0 Å². The van der Waals surface area contributed by atoms with Crippen molar-refractivity contribution in [1.82, 2.24) is 9.80 Å². The number of hydrogen-bond donors (Lipinski definition) is 0. The molecule has 1 fully saturated rings. The topological polar surface area (TPSA) is 32.8 Å². The average Bonchev–Trinajstić information content (AvgIpc) is 2.81. The molecule has 0 aliphatic carbocycles. The Bertz CT molecular complexity index is 949. The first-order valence-electron chi connectivity index (χ1n) is 10.7. The molecule has 3 aromatic rings. The number of halogens is 1. The van der Waals surface area contributed by atoms with Gasteiger partial charge in [0.2, 0.25) is 0 Å². The monoisotopic (exact) mass is 434 g/mol. The van der Waals surface area contributed by atoms with Crippen LogP contribution in [0.5, 0.6) is 5.75 Å². The summed E-state index contributed by atoms with van der Waals surface area (Å²) in [6.07, 6.45) is -0.552. The normalized spacial score (nSPS) is 15.6. The van der Waals surface area contributed by atoms with E-state index in [-0.39, 0.29) is 11.9 Å². The molecule has 1 heterocycles. The number of piperazine rings is 1. The predicted molar refractivity (Wildman–Crippen MR) is 124 cm³/mol. The molecule has 160 valence electrons. The molecular formula is C26H27ClN2O2. The largest absolute Gasteiger partial charge is 0.481 e. The smallest absolute Gasteiger partial charge is 0.263 e. The van der Waals surface area contributed by atoms with Gasteiger partial charge in [0, 0.05) is 31.2 Å². The van der Waals surface area contributed by atoms with Crippen LogP contribution in [-0.2, 0) is 4.79 Å². The Labute approximate surface area is 189 Å². The summed E-state index contributed by atoms with van der Waals surface area (Å²) in [5.41, 5.74) is 2.54. The van der Waals surface area contributed by atoms with Crippen LogP contribution in [0.1, 0.15) is 24.1 Å². The van der Waals surface area contributed by atoms with Crippen molar-refractivity contribution in [2.45, 2.75) is 19.1 Å². The lowest BCUT2D eigenvalue weighted by atomic mass is 9.96. The van der Waals surface area contributed by atoms with Gasteiger partial charge in [-0.3, -0.25) is 9.69 Å². The maximum absolute atomic E-state index is 13.0. The van der Waals surface area contributed by atoms with Gasteiger partial charge in [-0.1, -0.05) is 78.3 Å². The molecule has 0 radical (unpaired) electrons. The van der Waals surface area contributed by atoms with Crippen LogP contribution in [0.25, 0.3) is 0 Å². The molecule has 0 aromatic heterocycles. The molecule has 5 heteroatoms. The summed E-state index contributed by atoms with van der Waals surface area (Å²) < 4.78 is 5.83. The molecule has 1 aliphatic rings. The van der Waals surface area contributed by atoms with E-state index >= 15 is 0 Å². The number of carbonyl (C=O) groups excluding carboxylic acids is 1. The van der Waals surface area contributed by atoms with Crippen molar-refractivity contribution >= 4 is 17.5 Å². The zero-order valence-electron chi connectivity index (χ0n) is 17.7. The molecule has 0 spiro atoms. The fraction of sp³-hybridized carbons (Fsp3) is 0.269. The number of ether oxygens (including phenoxy) is 1. The summed E-state index contributed by atoms with van der Waals surface area (Å²) in [5.74, 6) is 0.621. The minimum absolute atomic E-state index is 0.00981. The van der Waals surface area contributed by atoms with Crippen molar-refractivity contribution in [3.05, 3.63) is 101 Å². The second-order valence-electron chi connectivity index (χ2n) is 7.80. The van der Waals surface area contributed by atoms with E-state index in [1.165, 1.54) is 11.1 Å². The van der Waals surface area contributed by atoms with Gasteiger partial charge in [0.25, 0.3) is 5.91 Å². The Morgan fingerprint density at radius 1 is 0.839 bits per heavy atom. The molecule has 1 aliphatic heterocycles. The highest BCUT2D eigenvalue weighted by molar-refractivity contribution is 6.30. The van der Waals surface area contributed by atoms with Gasteiger partial charge in [-0.2, -0.15) is 0 Å².